The molecule has 0 aromatic heterocycles. The van der Waals surface area contributed by atoms with E-state index >= 15 is 0 Å². The van der Waals surface area contributed by atoms with Crippen LogP contribution in [0.2, 0.25) is 0 Å². The number of hydrogen-bond acceptors (Lipinski definition) is 6. The molecular formula is C6H7O6-. The topological polar surface area (TPSA) is 110 Å². The Bertz CT molecular complexity index is 222. The molecule has 0 radical (unpaired) electrons. The van der Waals surface area contributed by atoms with Crippen molar-refractivity contribution in [3.8, 4) is 0 Å². The quantitative estimate of drug-likeness (QED) is 0.385. The number of carbonyl (C=O) groups excluding carboxylic acids is 1. The fourth-order valence-electron chi connectivity index (χ4n) is 0.778. The number of rotatable bonds is 1. The third-order valence-corrected chi connectivity index (χ3v) is 1.41. The van der Waals surface area contributed by atoms with Crippen molar-refractivity contribution in [3.63, 3.8) is 0 Å². The summed E-state index contributed by atoms with van der Waals surface area (Å²) in [6.07, 6.45) is -3.97. The van der Waals surface area contributed by atoms with Crippen LogP contribution in [0.5, 0.6) is 0 Å². The maximum atomic E-state index is 10.1. The number of carboxylic acids is 1. The lowest BCUT2D eigenvalue weighted by molar-refractivity contribution is -0.308. The summed E-state index contributed by atoms with van der Waals surface area (Å²) < 4.78 is 4.28. The molecule has 1 heterocycles. The molecule has 6 heteroatoms. The lowest BCUT2D eigenvalue weighted by atomic mass is 10.1. The highest BCUT2D eigenvalue weighted by atomic mass is 16.6. The van der Waals surface area contributed by atoms with Gasteiger partial charge in [-0.25, -0.2) is 0 Å². The van der Waals surface area contributed by atoms with Gasteiger partial charge in [-0.3, -0.25) is 0 Å². The number of hydrogen-bond donors (Lipinski definition) is 3. The predicted molar refractivity (Wildman–Crippen MR) is 32.2 cm³/mol. The van der Waals surface area contributed by atoms with Crippen molar-refractivity contribution in [1.29, 1.82) is 0 Å². The van der Waals surface area contributed by atoms with E-state index in [4.69, 9.17) is 15.3 Å². The van der Waals surface area contributed by atoms with Crippen LogP contribution in [-0.2, 0) is 9.53 Å². The zero-order valence-corrected chi connectivity index (χ0v) is 5.88. The second kappa shape index (κ2) is 3.10. The van der Waals surface area contributed by atoms with Crippen LogP contribution < -0.4 is 5.11 Å². The highest BCUT2D eigenvalue weighted by molar-refractivity contribution is 5.82. The molecule has 3 N–H and O–H groups in total. The second-order valence-electron chi connectivity index (χ2n) is 2.31. The Morgan fingerprint density at radius 3 is 2.50 bits per heavy atom. The highest BCUT2D eigenvalue weighted by Gasteiger charge is 2.30. The Morgan fingerprint density at radius 1 is 1.50 bits per heavy atom. The van der Waals surface area contributed by atoms with Crippen LogP contribution in [0.4, 0.5) is 0 Å². The average Bonchev–Trinajstić information content (AvgIpc) is 1.99. The van der Waals surface area contributed by atoms with E-state index in [0.717, 1.165) is 6.08 Å². The van der Waals surface area contributed by atoms with E-state index in [1.165, 1.54) is 0 Å². The molecule has 0 saturated heterocycles. The number of carboxylic acid groups (broad SMARTS) is 1. The molecule has 0 fully saturated rings. The molecule has 0 aromatic carbocycles. The first kappa shape index (κ1) is 8.98. The Hall–Kier alpha value is -1.11. The number of ether oxygens (including phenoxy) is 1. The van der Waals surface area contributed by atoms with Crippen molar-refractivity contribution in [2.75, 3.05) is 0 Å². The zero-order chi connectivity index (χ0) is 9.30. The van der Waals surface area contributed by atoms with Crippen LogP contribution in [-0.4, -0.2) is 39.8 Å². The van der Waals surface area contributed by atoms with Gasteiger partial charge in [-0.1, -0.05) is 0 Å². The maximum Gasteiger partial charge on any atom is 0.226 e. The van der Waals surface area contributed by atoms with E-state index in [1.54, 1.807) is 0 Å². The van der Waals surface area contributed by atoms with Gasteiger partial charge in [0.15, 0.2) is 0 Å². The number of aliphatic carboxylic acids is 1. The first-order valence-corrected chi connectivity index (χ1v) is 3.16. The van der Waals surface area contributed by atoms with Crippen LogP contribution >= 0.6 is 0 Å². The van der Waals surface area contributed by atoms with Crippen molar-refractivity contribution >= 4 is 5.97 Å². The molecule has 0 aliphatic carbocycles. The van der Waals surface area contributed by atoms with Gasteiger partial charge >= 0.3 is 0 Å². The minimum atomic E-state index is -1.74. The standard InChI is InChI=1S/C6H8O6/c7-2-1-3(5(9)10)12-6(11)4(2)8/h1-2,4,6-8,11H,(H,9,10)/p-1. The number of carbonyl (C=O) groups is 1. The zero-order valence-electron chi connectivity index (χ0n) is 5.88. The van der Waals surface area contributed by atoms with E-state index < -0.39 is 30.2 Å². The van der Waals surface area contributed by atoms with Crippen molar-refractivity contribution < 1.29 is 30.0 Å². The molecule has 12 heavy (non-hydrogen) atoms. The van der Waals surface area contributed by atoms with Gasteiger partial charge in [0, 0.05) is 0 Å². The number of aliphatic hydroxyl groups excluding tert-OH is 3. The molecule has 0 spiro atoms. The normalized spacial score (nSPS) is 35.2. The molecule has 6 nitrogen and oxygen atoms in total. The van der Waals surface area contributed by atoms with Gasteiger partial charge in [-0.15, -0.1) is 0 Å². The summed E-state index contributed by atoms with van der Waals surface area (Å²) in [4.78, 5) is 10.1. The minimum absolute atomic E-state index is 0.680. The van der Waals surface area contributed by atoms with Crippen LogP contribution in [0.25, 0.3) is 0 Å². The molecule has 0 bridgehead atoms. The molecule has 3 unspecified atom stereocenters. The lowest BCUT2D eigenvalue weighted by Gasteiger charge is -2.28. The van der Waals surface area contributed by atoms with E-state index in [0.29, 0.717) is 0 Å². The van der Waals surface area contributed by atoms with Gasteiger partial charge in [-0.05, 0) is 6.08 Å². The van der Waals surface area contributed by atoms with Crippen molar-refractivity contribution in [2.45, 2.75) is 18.5 Å². The summed E-state index contributed by atoms with van der Waals surface area (Å²) in [5, 5.41) is 36.7. The fourth-order valence-corrected chi connectivity index (χ4v) is 0.778. The fraction of sp³-hybridized carbons (Fsp3) is 0.500. The maximum absolute atomic E-state index is 10.1. The monoisotopic (exact) mass is 175 g/mol. The average molecular weight is 175 g/mol. The molecule has 0 aromatic rings. The van der Waals surface area contributed by atoms with Gasteiger partial charge in [0.1, 0.15) is 23.9 Å². The molecule has 0 saturated carbocycles. The van der Waals surface area contributed by atoms with Crippen LogP contribution in [0.3, 0.4) is 0 Å². The van der Waals surface area contributed by atoms with Gasteiger partial charge < -0.3 is 30.0 Å². The van der Waals surface area contributed by atoms with Crippen LogP contribution in [0.1, 0.15) is 0 Å². The highest BCUT2D eigenvalue weighted by Crippen LogP contribution is 2.15. The first-order valence-electron chi connectivity index (χ1n) is 3.16. The Balaban J connectivity index is 2.81. The summed E-state index contributed by atoms with van der Waals surface area (Å²) in [6.45, 7) is 0. The first-order chi connectivity index (χ1) is 5.52. The van der Waals surface area contributed by atoms with Crippen molar-refractivity contribution in [3.05, 3.63) is 11.8 Å². The third kappa shape index (κ3) is 1.55. The Morgan fingerprint density at radius 2 is 2.08 bits per heavy atom. The molecule has 1 aliphatic heterocycles. The summed E-state index contributed by atoms with van der Waals surface area (Å²) >= 11 is 0. The second-order valence-corrected chi connectivity index (χ2v) is 2.31. The van der Waals surface area contributed by atoms with Gasteiger partial charge in [0.2, 0.25) is 6.29 Å². The molecule has 0 amide bonds. The molecule has 68 valence electrons. The van der Waals surface area contributed by atoms with E-state index in [1.807, 2.05) is 0 Å². The van der Waals surface area contributed by atoms with Crippen molar-refractivity contribution in [2.24, 2.45) is 0 Å². The van der Waals surface area contributed by atoms with E-state index in [2.05, 4.69) is 4.74 Å². The van der Waals surface area contributed by atoms with Gasteiger partial charge in [-0.2, -0.15) is 0 Å². The van der Waals surface area contributed by atoms with Crippen molar-refractivity contribution in [1.82, 2.24) is 0 Å². The summed E-state index contributed by atoms with van der Waals surface area (Å²) in [6, 6.07) is 0. The number of aliphatic hydroxyl groups is 3. The smallest absolute Gasteiger partial charge is 0.226 e. The van der Waals surface area contributed by atoms with Crippen LogP contribution in [0.15, 0.2) is 11.8 Å². The predicted octanol–water partition coefficient (Wildman–Crippen LogP) is -3.31. The summed E-state index contributed by atoms with van der Waals surface area (Å²) in [5.74, 6) is -2.33. The third-order valence-electron chi connectivity index (χ3n) is 1.41. The van der Waals surface area contributed by atoms with Gasteiger partial charge in [0.25, 0.3) is 0 Å². The molecule has 1 aliphatic rings. The largest absolute Gasteiger partial charge is 0.542 e. The molecular weight excluding hydrogens is 168 g/mol. The Labute approximate surface area is 67.3 Å². The SMILES string of the molecule is O=C([O-])C1=CC(O)C(O)C(O)O1. The molecule has 1 rings (SSSR count). The lowest BCUT2D eigenvalue weighted by Crippen LogP contribution is -2.44. The van der Waals surface area contributed by atoms with E-state index in [9.17, 15) is 9.90 Å². The minimum Gasteiger partial charge on any atom is -0.542 e. The van der Waals surface area contributed by atoms with E-state index in [-0.39, 0.29) is 0 Å². The van der Waals surface area contributed by atoms with Gasteiger partial charge in [0.05, 0.1) is 0 Å². The summed E-state index contributed by atoms with van der Waals surface area (Å²) in [7, 11) is 0. The summed E-state index contributed by atoms with van der Waals surface area (Å²) in [5.41, 5.74) is 0. The molecule has 3 atom stereocenters. The Kier molecular flexibility index (Phi) is 2.32. The van der Waals surface area contributed by atoms with Crippen LogP contribution in [0, 0.1) is 0 Å².